The van der Waals surface area contributed by atoms with Crippen LogP contribution in [0.5, 0.6) is 0 Å². The maximum absolute atomic E-state index is 13.5. The molecule has 0 aliphatic heterocycles. The van der Waals surface area contributed by atoms with E-state index in [9.17, 15) is 4.79 Å². The molecule has 7 nitrogen and oxygen atoms in total. The van der Waals surface area contributed by atoms with Crippen LogP contribution in [0.2, 0.25) is 0 Å². The van der Waals surface area contributed by atoms with Gasteiger partial charge in [0.2, 0.25) is 0 Å². The van der Waals surface area contributed by atoms with Gasteiger partial charge in [-0.2, -0.15) is 10.2 Å². The summed E-state index contributed by atoms with van der Waals surface area (Å²) in [6.07, 6.45) is 2.24. The van der Waals surface area contributed by atoms with Crippen molar-refractivity contribution in [1.82, 2.24) is 24.5 Å². The number of para-hydroxylation sites is 2. The second-order valence-electron chi connectivity index (χ2n) is 8.09. The van der Waals surface area contributed by atoms with Crippen LogP contribution in [0.1, 0.15) is 51.9 Å². The van der Waals surface area contributed by atoms with Gasteiger partial charge < -0.3 is 5.32 Å². The number of fused-ring (bicyclic) bond motifs is 1. The number of carbonyl (C=O) groups excluding carboxylic acids is 1. The van der Waals surface area contributed by atoms with E-state index in [1.165, 1.54) is 0 Å². The topological polar surface area (TPSA) is 77.6 Å². The lowest BCUT2D eigenvalue weighted by molar-refractivity contribution is 0.102. The molecule has 0 bridgehead atoms. The molecule has 1 saturated carbocycles. The number of pyridine rings is 1. The highest BCUT2D eigenvalue weighted by Crippen LogP contribution is 2.40. The van der Waals surface area contributed by atoms with Crippen LogP contribution >= 0.6 is 0 Å². The van der Waals surface area contributed by atoms with Crippen molar-refractivity contribution in [3.05, 3.63) is 64.7 Å². The number of benzene rings is 1. The molecule has 1 aliphatic carbocycles. The Morgan fingerprint density at radius 3 is 2.57 bits per heavy atom. The summed E-state index contributed by atoms with van der Waals surface area (Å²) in [5.41, 5.74) is 6.66. The molecule has 0 atom stereocenters. The quantitative estimate of drug-likeness (QED) is 0.557. The Hall–Kier alpha value is -3.48. The van der Waals surface area contributed by atoms with E-state index in [1.807, 2.05) is 68.9 Å². The number of nitrogens with zero attached hydrogens (tertiary/aromatic N) is 5. The highest BCUT2D eigenvalue weighted by Gasteiger charge is 2.28. The smallest absolute Gasteiger partial charge is 0.256 e. The summed E-state index contributed by atoms with van der Waals surface area (Å²) in [7, 11) is 1.87. The summed E-state index contributed by atoms with van der Waals surface area (Å²) >= 11 is 0. The fraction of sp³-hybridized carbons (Fsp3) is 0.304. The van der Waals surface area contributed by atoms with Gasteiger partial charge in [0, 0.05) is 24.4 Å². The molecule has 1 fully saturated rings. The third kappa shape index (κ3) is 3.07. The molecule has 3 aromatic heterocycles. The number of rotatable bonds is 4. The van der Waals surface area contributed by atoms with Crippen LogP contribution in [0.15, 0.2) is 36.4 Å². The van der Waals surface area contributed by atoms with Gasteiger partial charge in [0.15, 0.2) is 5.65 Å². The molecule has 1 aromatic carbocycles. The van der Waals surface area contributed by atoms with E-state index < -0.39 is 0 Å². The molecule has 1 N–H and O–H groups in total. The lowest BCUT2D eigenvalue weighted by Crippen LogP contribution is -2.16. The van der Waals surface area contributed by atoms with Gasteiger partial charge in [-0.05, 0) is 57.9 Å². The predicted molar refractivity (Wildman–Crippen MR) is 116 cm³/mol. The van der Waals surface area contributed by atoms with E-state index in [1.54, 1.807) is 4.68 Å². The zero-order valence-electron chi connectivity index (χ0n) is 17.6. The molecule has 152 valence electrons. The number of amides is 1. The number of anilines is 1. The number of aromatic nitrogens is 5. The van der Waals surface area contributed by atoms with Gasteiger partial charge in [0.25, 0.3) is 5.91 Å². The third-order valence-corrected chi connectivity index (χ3v) is 5.62. The van der Waals surface area contributed by atoms with Crippen molar-refractivity contribution < 1.29 is 4.79 Å². The van der Waals surface area contributed by atoms with E-state index in [0.29, 0.717) is 17.2 Å². The van der Waals surface area contributed by atoms with Crippen molar-refractivity contribution in [3.63, 3.8) is 0 Å². The molecule has 3 heterocycles. The molecular weight excluding hydrogens is 376 g/mol. The Kier molecular flexibility index (Phi) is 4.20. The molecule has 4 aromatic rings. The standard InChI is InChI=1S/C23H24N6O/c1-13-11-14(2)29(26-13)20-8-6-5-7-18(20)25-23(30)17-12-19(16-9-10-16)24-22-21(17)15(3)27-28(22)4/h5-8,11-12,16H,9-10H2,1-4H3,(H,25,30). The average Bonchev–Trinajstić information content (AvgIpc) is 3.46. The zero-order valence-corrected chi connectivity index (χ0v) is 17.6. The van der Waals surface area contributed by atoms with Crippen LogP contribution in [0.4, 0.5) is 5.69 Å². The number of carbonyl (C=O) groups is 1. The Labute approximate surface area is 174 Å². The van der Waals surface area contributed by atoms with Crippen molar-refractivity contribution in [2.24, 2.45) is 7.05 Å². The molecule has 7 heteroatoms. The fourth-order valence-corrected chi connectivity index (χ4v) is 4.06. The van der Waals surface area contributed by atoms with Crippen LogP contribution in [-0.4, -0.2) is 30.5 Å². The summed E-state index contributed by atoms with van der Waals surface area (Å²) < 4.78 is 3.62. The van der Waals surface area contributed by atoms with Crippen LogP contribution in [0.25, 0.3) is 16.7 Å². The monoisotopic (exact) mass is 400 g/mol. The van der Waals surface area contributed by atoms with Crippen LogP contribution in [0.3, 0.4) is 0 Å². The Bertz CT molecular complexity index is 1290. The van der Waals surface area contributed by atoms with Crippen molar-refractivity contribution in [1.29, 1.82) is 0 Å². The summed E-state index contributed by atoms with van der Waals surface area (Å²) in [5, 5.41) is 13.0. The van der Waals surface area contributed by atoms with Gasteiger partial charge in [0.1, 0.15) is 0 Å². The van der Waals surface area contributed by atoms with Crippen LogP contribution in [-0.2, 0) is 7.05 Å². The molecule has 0 saturated heterocycles. The van der Waals surface area contributed by atoms with Crippen molar-refractivity contribution in [2.45, 2.75) is 39.5 Å². The molecule has 0 unspecified atom stereocenters. The van der Waals surface area contributed by atoms with Crippen molar-refractivity contribution in [3.8, 4) is 5.69 Å². The summed E-state index contributed by atoms with van der Waals surface area (Å²) in [4.78, 5) is 18.2. The van der Waals surface area contributed by atoms with Crippen molar-refractivity contribution in [2.75, 3.05) is 5.32 Å². The molecule has 30 heavy (non-hydrogen) atoms. The molecule has 5 rings (SSSR count). The SMILES string of the molecule is Cc1cc(C)n(-c2ccccc2NC(=O)c2cc(C3CC3)nc3c2c(C)nn3C)n1. The first kappa shape index (κ1) is 18.5. The molecule has 0 radical (unpaired) electrons. The highest BCUT2D eigenvalue weighted by molar-refractivity contribution is 6.13. The number of hydrogen-bond acceptors (Lipinski definition) is 4. The second-order valence-corrected chi connectivity index (χ2v) is 8.09. The number of aryl methyl sites for hydroxylation is 4. The van der Waals surface area contributed by atoms with Crippen molar-refractivity contribution >= 4 is 22.6 Å². The first-order valence-electron chi connectivity index (χ1n) is 10.2. The fourth-order valence-electron chi connectivity index (χ4n) is 4.06. The zero-order chi connectivity index (χ0) is 21.0. The minimum absolute atomic E-state index is 0.158. The van der Waals surface area contributed by atoms with Crippen LogP contribution in [0, 0.1) is 20.8 Å². The Morgan fingerprint density at radius 2 is 1.87 bits per heavy atom. The Morgan fingerprint density at radius 1 is 1.10 bits per heavy atom. The molecular formula is C23H24N6O. The third-order valence-electron chi connectivity index (χ3n) is 5.62. The second kappa shape index (κ2) is 6.79. The van der Waals surface area contributed by atoms with Gasteiger partial charge in [-0.3, -0.25) is 9.48 Å². The Balaban J connectivity index is 1.59. The first-order valence-corrected chi connectivity index (χ1v) is 10.2. The minimum Gasteiger partial charge on any atom is -0.320 e. The highest BCUT2D eigenvalue weighted by atomic mass is 16.1. The maximum Gasteiger partial charge on any atom is 0.256 e. The molecule has 1 aliphatic rings. The lowest BCUT2D eigenvalue weighted by atomic mass is 10.1. The minimum atomic E-state index is -0.158. The van der Waals surface area contributed by atoms with Gasteiger partial charge in [0.05, 0.1) is 33.7 Å². The van der Waals surface area contributed by atoms with E-state index >= 15 is 0 Å². The molecule has 1 amide bonds. The van der Waals surface area contributed by atoms with Crippen LogP contribution < -0.4 is 5.32 Å². The van der Waals surface area contributed by atoms with Gasteiger partial charge in [-0.25, -0.2) is 9.67 Å². The predicted octanol–water partition coefficient (Wildman–Crippen LogP) is 4.21. The van der Waals surface area contributed by atoms with E-state index in [2.05, 4.69) is 15.5 Å². The van der Waals surface area contributed by atoms with E-state index in [4.69, 9.17) is 4.98 Å². The summed E-state index contributed by atoms with van der Waals surface area (Å²) in [6.45, 7) is 5.89. The largest absolute Gasteiger partial charge is 0.320 e. The summed E-state index contributed by atoms with van der Waals surface area (Å²) in [6, 6.07) is 11.7. The van der Waals surface area contributed by atoms with Gasteiger partial charge >= 0.3 is 0 Å². The summed E-state index contributed by atoms with van der Waals surface area (Å²) in [5.74, 6) is 0.285. The normalized spacial score (nSPS) is 13.7. The maximum atomic E-state index is 13.5. The lowest BCUT2D eigenvalue weighted by Gasteiger charge is -2.13. The molecule has 0 spiro atoms. The van der Waals surface area contributed by atoms with Gasteiger partial charge in [-0.15, -0.1) is 0 Å². The van der Waals surface area contributed by atoms with E-state index in [0.717, 1.165) is 52.3 Å². The first-order chi connectivity index (χ1) is 14.4. The number of hydrogen-bond donors (Lipinski definition) is 1. The number of nitrogens with one attached hydrogen (secondary N) is 1. The van der Waals surface area contributed by atoms with E-state index in [-0.39, 0.29) is 5.91 Å². The average molecular weight is 400 g/mol. The van der Waals surface area contributed by atoms with Gasteiger partial charge in [-0.1, -0.05) is 12.1 Å².